The molecule has 2 N–H and O–H groups in total. The number of benzene rings is 2. The summed E-state index contributed by atoms with van der Waals surface area (Å²) in [6, 6.07) is 13.3. The lowest BCUT2D eigenvalue weighted by molar-refractivity contribution is 0.474. The molecule has 0 aliphatic carbocycles. The van der Waals surface area contributed by atoms with Gasteiger partial charge in [0.25, 0.3) is 10.0 Å². The van der Waals surface area contributed by atoms with Crippen LogP contribution in [0.4, 0.5) is 0 Å². The van der Waals surface area contributed by atoms with Crippen molar-refractivity contribution in [2.75, 3.05) is 0 Å². The summed E-state index contributed by atoms with van der Waals surface area (Å²) in [6.45, 7) is 4.18. The Bertz CT molecular complexity index is 784. The molecular formula is C17H20N2O3S. The zero-order valence-electron chi connectivity index (χ0n) is 13.1. The molecule has 0 bridgehead atoms. The Hall–Kier alpha value is -2.34. The van der Waals surface area contributed by atoms with Crippen molar-refractivity contribution >= 4 is 16.2 Å². The smallest absolute Gasteiger partial charge is 0.276 e. The van der Waals surface area contributed by atoms with E-state index in [1.54, 1.807) is 30.3 Å². The molecular weight excluding hydrogens is 312 g/mol. The maximum atomic E-state index is 12.2. The Labute approximate surface area is 136 Å². The SMILES string of the molecule is CCC(C)c1ccc(S(=O)(=O)N/N=C/c2ccccc2O)cc1. The van der Waals surface area contributed by atoms with Crippen molar-refractivity contribution in [3.63, 3.8) is 0 Å². The van der Waals surface area contributed by atoms with Crippen LogP contribution in [0.2, 0.25) is 0 Å². The van der Waals surface area contributed by atoms with Crippen molar-refractivity contribution in [3.05, 3.63) is 59.7 Å². The van der Waals surface area contributed by atoms with Gasteiger partial charge >= 0.3 is 0 Å². The maximum absolute atomic E-state index is 12.2. The molecule has 0 saturated heterocycles. The number of hydrogen-bond donors (Lipinski definition) is 2. The van der Waals surface area contributed by atoms with Gasteiger partial charge < -0.3 is 5.11 Å². The summed E-state index contributed by atoms with van der Waals surface area (Å²) in [4.78, 5) is 2.30. The molecule has 0 saturated carbocycles. The van der Waals surface area contributed by atoms with Crippen LogP contribution in [0.3, 0.4) is 0 Å². The van der Waals surface area contributed by atoms with Gasteiger partial charge in [0.15, 0.2) is 0 Å². The lowest BCUT2D eigenvalue weighted by Gasteiger charge is -2.09. The first-order valence-corrected chi connectivity index (χ1v) is 8.85. The third kappa shape index (κ3) is 4.32. The minimum Gasteiger partial charge on any atom is -0.507 e. The topological polar surface area (TPSA) is 78.8 Å². The van der Waals surface area contributed by atoms with Gasteiger partial charge in [0.2, 0.25) is 0 Å². The summed E-state index contributed by atoms with van der Waals surface area (Å²) in [5.74, 6) is 0.423. The number of nitrogens with zero attached hydrogens (tertiary/aromatic N) is 1. The Morgan fingerprint density at radius 3 is 2.43 bits per heavy atom. The van der Waals surface area contributed by atoms with Crippen molar-refractivity contribution in [1.82, 2.24) is 4.83 Å². The first-order chi connectivity index (χ1) is 10.9. The van der Waals surface area contributed by atoms with Crippen LogP contribution in [-0.4, -0.2) is 19.7 Å². The number of para-hydroxylation sites is 1. The number of sulfonamides is 1. The van der Waals surface area contributed by atoms with E-state index in [9.17, 15) is 13.5 Å². The van der Waals surface area contributed by atoms with E-state index in [1.807, 2.05) is 12.1 Å². The Balaban J connectivity index is 2.11. The summed E-state index contributed by atoms with van der Waals surface area (Å²) in [7, 11) is -3.72. The van der Waals surface area contributed by atoms with Crippen LogP contribution in [0.1, 0.15) is 37.3 Å². The van der Waals surface area contributed by atoms with Crippen molar-refractivity contribution in [1.29, 1.82) is 0 Å². The zero-order valence-corrected chi connectivity index (χ0v) is 13.9. The average molecular weight is 332 g/mol. The molecule has 0 fully saturated rings. The number of nitrogens with one attached hydrogen (secondary N) is 1. The fraction of sp³-hybridized carbons (Fsp3) is 0.235. The van der Waals surface area contributed by atoms with Crippen molar-refractivity contribution in [3.8, 4) is 5.75 Å². The van der Waals surface area contributed by atoms with Crippen molar-refractivity contribution in [2.45, 2.75) is 31.1 Å². The molecule has 0 spiro atoms. The first kappa shape index (κ1) is 17.0. The monoisotopic (exact) mass is 332 g/mol. The molecule has 0 amide bonds. The van der Waals surface area contributed by atoms with E-state index in [0.717, 1.165) is 12.0 Å². The number of phenolic OH excluding ortho intramolecular Hbond substituents is 1. The molecule has 0 aliphatic heterocycles. The van der Waals surface area contributed by atoms with Crippen molar-refractivity contribution < 1.29 is 13.5 Å². The van der Waals surface area contributed by atoms with E-state index < -0.39 is 10.0 Å². The molecule has 122 valence electrons. The molecule has 2 aromatic carbocycles. The Morgan fingerprint density at radius 2 is 1.83 bits per heavy atom. The summed E-state index contributed by atoms with van der Waals surface area (Å²) >= 11 is 0. The van der Waals surface area contributed by atoms with Gasteiger partial charge in [-0.1, -0.05) is 38.1 Å². The normalized spacial score (nSPS) is 13.1. The molecule has 5 nitrogen and oxygen atoms in total. The molecule has 2 aromatic rings. The van der Waals surface area contributed by atoms with E-state index in [-0.39, 0.29) is 10.6 Å². The molecule has 23 heavy (non-hydrogen) atoms. The van der Waals surface area contributed by atoms with E-state index in [0.29, 0.717) is 11.5 Å². The van der Waals surface area contributed by atoms with Gasteiger partial charge in [-0.3, -0.25) is 0 Å². The van der Waals surface area contributed by atoms with Crippen LogP contribution in [-0.2, 0) is 10.0 Å². The zero-order chi connectivity index (χ0) is 16.9. The highest BCUT2D eigenvalue weighted by atomic mass is 32.2. The van der Waals surface area contributed by atoms with Gasteiger partial charge in [-0.2, -0.15) is 13.5 Å². The van der Waals surface area contributed by atoms with Crippen LogP contribution in [0.15, 0.2) is 58.5 Å². The van der Waals surface area contributed by atoms with Gasteiger partial charge in [0, 0.05) is 5.56 Å². The second-order valence-electron chi connectivity index (χ2n) is 5.29. The van der Waals surface area contributed by atoms with Crippen molar-refractivity contribution in [2.24, 2.45) is 5.10 Å². The van der Waals surface area contributed by atoms with E-state index in [1.165, 1.54) is 12.3 Å². The third-order valence-electron chi connectivity index (χ3n) is 3.69. The Kier molecular flexibility index (Phi) is 5.39. The van der Waals surface area contributed by atoms with Crippen LogP contribution in [0, 0.1) is 0 Å². The minimum atomic E-state index is -3.72. The highest BCUT2D eigenvalue weighted by Crippen LogP contribution is 2.20. The fourth-order valence-electron chi connectivity index (χ4n) is 2.03. The lowest BCUT2D eigenvalue weighted by atomic mass is 9.99. The average Bonchev–Trinajstić information content (AvgIpc) is 2.56. The molecule has 0 radical (unpaired) electrons. The van der Waals surface area contributed by atoms with E-state index in [4.69, 9.17) is 0 Å². The number of aromatic hydroxyl groups is 1. The lowest BCUT2D eigenvalue weighted by Crippen LogP contribution is -2.18. The maximum Gasteiger partial charge on any atom is 0.276 e. The van der Waals surface area contributed by atoms with Gasteiger partial charge in [0.05, 0.1) is 11.1 Å². The number of hydrazone groups is 1. The van der Waals surface area contributed by atoms with Crippen LogP contribution >= 0.6 is 0 Å². The Morgan fingerprint density at radius 1 is 1.17 bits per heavy atom. The minimum absolute atomic E-state index is 0.0355. The summed E-state index contributed by atoms with van der Waals surface area (Å²) in [5.41, 5.74) is 1.53. The van der Waals surface area contributed by atoms with E-state index in [2.05, 4.69) is 23.8 Å². The largest absolute Gasteiger partial charge is 0.507 e. The standard InChI is InChI=1S/C17H20N2O3S/c1-3-13(2)14-8-10-16(11-9-14)23(21,22)19-18-12-15-6-4-5-7-17(15)20/h4-13,19-20H,3H2,1-2H3/b18-12+. The molecule has 1 atom stereocenters. The molecule has 0 aromatic heterocycles. The van der Waals surface area contributed by atoms with Crippen LogP contribution in [0.25, 0.3) is 0 Å². The predicted molar refractivity (Wildman–Crippen MR) is 91.2 cm³/mol. The second-order valence-corrected chi connectivity index (χ2v) is 6.95. The summed E-state index contributed by atoms with van der Waals surface area (Å²) < 4.78 is 24.3. The number of phenols is 1. The highest BCUT2D eigenvalue weighted by Gasteiger charge is 2.13. The van der Waals surface area contributed by atoms with Crippen LogP contribution < -0.4 is 4.83 Å². The molecule has 2 rings (SSSR count). The predicted octanol–water partition coefficient (Wildman–Crippen LogP) is 3.22. The van der Waals surface area contributed by atoms with Gasteiger partial charge in [0.1, 0.15) is 5.75 Å². The second kappa shape index (κ2) is 7.28. The number of rotatable bonds is 6. The summed E-state index contributed by atoms with van der Waals surface area (Å²) in [6.07, 6.45) is 2.26. The highest BCUT2D eigenvalue weighted by molar-refractivity contribution is 7.89. The first-order valence-electron chi connectivity index (χ1n) is 7.37. The molecule has 0 aliphatic rings. The summed E-state index contributed by atoms with van der Waals surface area (Å²) in [5, 5.41) is 13.3. The molecule has 1 unspecified atom stereocenters. The van der Waals surface area contributed by atoms with Gasteiger partial charge in [-0.05, 0) is 42.2 Å². The third-order valence-corrected chi connectivity index (χ3v) is 4.92. The quantitative estimate of drug-likeness (QED) is 0.630. The van der Waals surface area contributed by atoms with Crippen LogP contribution in [0.5, 0.6) is 5.75 Å². The fourth-order valence-corrected chi connectivity index (χ4v) is 2.82. The number of hydrogen-bond acceptors (Lipinski definition) is 4. The van der Waals surface area contributed by atoms with Gasteiger partial charge in [-0.25, -0.2) is 4.83 Å². The van der Waals surface area contributed by atoms with E-state index >= 15 is 0 Å². The molecule has 6 heteroatoms. The molecule has 0 heterocycles. The van der Waals surface area contributed by atoms with Gasteiger partial charge in [-0.15, -0.1) is 0 Å².